The highest BCUT2D eigenvalue weighted by Gasteiger charge is 2.13. The van der Waals surface area contributed by atoms with Crippen molar-refractivity contribution in [3.63, 3.8) is 0 Å². The molecular weight excluding hydrogens is 224 g/mol. The lowest BCUT2D eigenvalue weighted by Gasteiger charge is -2.07. The van der Waals surface area contributed by atoms with E-state index < -0.39 is 12.0 Å². The zero-order valence-electron chi connectivity index (χ0n) is 8.95. The maximum Gasteiger partial charge on any atom is 0.320 e. The van der Waals surface area contributed by atoms with Crippen molar-refractivity contribution in [2.45, 2.75) is 19.0 Å². The Morgan fingerprint density at radius 3 is 2.94 bits per heavy atom. The van der Waals surface area contributed by atoms with E-state index in [0.717, 1.165) is 0 Å². The van der Waals surface area contributed by atoms with E-state index in [0.29, 0.717) is 29.9 Å². The molecule has 5 N–H and O–H groups in total. The third-order valence-electron chi connectivity index (χ3n) is 2.43. The third-order valence-corrected chi connectivity index (χ3v) is 2.43. The molecule has 0 bridgehead atoms. The van der Waals surface area contributed by atoms with Gasteiger partial charge in [0.15, 0.2) is 11.5 Å². The van der Waals surface area contributed by atoms with Crippen LogP contribution in [-0.4, -0.2) is 36.6 Å². The number of anilines is 1. The lowest BCUT2D eigenvalue weighted by atomic mass is 10.2. The van der Waals surface area contributed by atoms with Crippen LogP contribution >= 0.6 is 0 Å². The highest BCUT2D eigenvalue weighted by atomic mass is 16.4. The topological polar surface area (TPSA) is 133 Å². The second-order valence-corrected chi connectivity index (χ2v) is 3.60. The Balaban J connectivity index is 2.20. The van der Waals surface area contributed by atoms with Gasteiger partial charge in [-0.15, -0.1) is 0 Å². The molecule has 1 atom stereocenters. The molecule has 90 valence electrons. The van der Waals surface area contributed by atoms with E-state index in [2.05, 4.69) is 15.0 Å². The molecule has 0 aliphatic heterocycles. The van der Waals surface area contributed by atoms with Crippen molar-refractivity contribution >= 4 is 23.0 Å². The van der Waals surface area contributed by atoms with Gasteiger partial charge in [-0.2, -0.15) is 0 Å². The van der Waals surface area contributed by atoms with Gasteiger partial charge in [0.1, 0.15) is 17.9 Å². The molecule has 0 unspecified atom stereocenters. The number of rotatable bonds is 4. The first-order valence-corrected chi connectivity index (χ1v) is 4.99. The number of carboxylic acids is 1. The number of hydrogen-bond acceptors (Lipinski definition) is 6. The maximum atomic E-state index is 10.6. The Kier molecular flexibility index (Phi) is 2.88. The van der Waals surface area contributed by atoms with Crippen LogP contribution in [0, 0.1) is 0 Å². The Bertz CT molecular complexity index is 551. The summed E-state index contributed by atoms with van der Waals surface area (Å²) in [6, 6.07) is -0.897. The maximum absolute atomic E-state index is 10.6. The van der Waals surface area contributed by atoms with Crippen LogP contribution in [0.3, 0.4) is 0 Å². The molecule has 0 radical (unpaired) electrons. The zero-order chi connectivity index (χ0) is 12.4. The van der Waals surface area contributed by atoms with Gasteiger partial charge in [0, 0.05) is 6.54 Å². The van der Waals surface area contributed by atoms with E-state index in [1.165, 1.54) is 6.33 Å². The fraction of sp³-hybridized carbons (Fsp3) is 0.333. The summed E-state index contributed by atoms with van der Waals surface area (Å²) < 4.78 is 1.70. The van der Waals surface area contributed by atoms with Crippen LogP contribution in [0.4, 0.5) is 5.82 Å². The van der Waals surface area contributed by atoms with Crippen molar-refractivity contribution in [3.8, 4) is 0 Å². The first kappa shape index (κ1) is 11.3. The highest BCUT2D eigenvalue weighted by Crippen LogP contribution is 2.14. The van der Waals surface area contributed by atoms with Crippen molar-refractivity contribution in [2.24, 2.45) is 5.73 Å². The SMILES string of the molecule is Nc1ncnc2c1ncn2CC[C@@H](N)C(=O)O. The molecule has 8 heteroatoms. The van der Waals surface area contributed by atoms with Crippen LogP contribution in [0.25, 0.3) is 11.2 Å². The van der Waals surface area contributed by atoms with Crippen LogP contribution in [0.15, 0.2) is 12.7 Å². The Morgan fingerprint density at radius 2 is 2.24 bits per heavy atom. The van der Waals surface area contributed by atoms with Gasteiger partial charge in [-0.05, 0) is 6.42 Å². The predicted octanol–water partition coefficient (Wildman–Crippen LogP) is -0.789. The van der Waals surface area contributed by atoms with Crippen molar-refractivity contribution < 1.29 is 9.90 Å². The number of nitrogen functional groups attached to an aromatic ring is 1. The van der Waals surface area contributed by atoms with Crippen molar-refractivity contribution in [1.29, 1.82) is 0 Å². The summed E-state index contributed by atoms with van der Waals surface area (Å²) in [6.07, 6.45) is 3.18. The van der Waals surface area contributed by atoms with Gasteiger partial charge in [-0.25, -0.2) is 15.0 Å². The molecule has 0 saturated carbocycles. The number of carbonyl (C=O) groups is 1. The monoisotopic (exact) mass is 236 g/mol. The summed E-state index contributed by atoms with van der Waals surface area (Å²) in [5, 5.41) is 8.67. The average Bonchev–Trinajstić information content (AvgIpc) is 2.70. The lowest BCUT2D eigenvalue weighted by Crippen LogP contribution is -2.31. The first-order chi connectivity index (χ1) is 8.09. The summed E-state index contributed by atoms with van der Waals surface area (Å²) in [5.41, 5.74) is 12.1. The van der Waals surface area contributed by atoms with Crippen molar-refractivity contribution in [2.75, 3.05) is 5.73 Å². The summed E-state index contributed by atoms with van der Waals surface area (Å²) in [6.45, 7) is 0.417. The van der Waals surface area contributed by atoms with E-state index in [1.54, 1.807) is 10.9 Å². The quantitative estimate of drug-likeness (QED) is 0.633. The summed E-state index contributed by atoms with van der Waals surface area (Å²) in [4.78, 5) is 22.5. The van der Waals surface area contributed by atoms with Crippen LogP contribution in [-0.2, 0) is 11.3 Å². The summed E-state index contributed by atoms with van der Waals surface area (Å²) in [5.74, 6) is -0.722. The average molecular weight is 236 g/mol. The number of nitrogens with two attached hydrogens (primary N) is 2. The van der Waals surface area contributed by atoms with Gasteiger partial charge in [0.05, 0.1) is 6.33 Å². The standard InChI is InChI=1S/C9H12N6O2/c10-5(9(16)17)1-2-15-4-14-6-7(11)12-3-13-8(6)15/h3-5H,1-2,10H2,(H,16,17)(H2,11,12,13)/t5-/m1/s1. The van der Waals surface area contributed by atoms with E-state index in [1.807, 2.05) is 0 Å². The number of nitrogens with zero attached hydrogens (tertiary/aromatic N) is 4. The molecule has 0 fully saturated rings. The zero-order valence-corrected chi connectivity index (χ0v) is 8.95. The highest BCUT2D eigenvalue weighted by molar-refractivity contribution is 5.81. The van der Waals surface area contributed by atoms with Crippen molar-refractivity contribution in [3.05, 3.63) is 12.7 Å². The molecule has 17 heavy (non-hydrogen) atoms. The first-order valence-electron chi connectivity index (χ1n) is 4.99. The molecular formula is C9H12N6O2. The Labute approximate surface area is 96.3 Å². The van der Waals surface area contributed by atoms with E-state index in [9.17, 15) is 4.79 Å². The predicted molar refractivity (Wildman–Crippen MR) is 60.0 cm³/mol. The van der Waals surface area contributed by atoms with Gasteiger partial charge in [0.25, 0.3) is 0 Å². The Hall–Kier alpha value is -2.22. The minimum atomic E-state index is -1.02. The molecule has 0 aliphatic rings. The fourth-order valence-electron chi connectivity index (χ4n) is 1.46. The fourth-order valence-corrected chi connectivity index (χ4v) is 1.46. The lowest BCUT2D eigenvalue weighted by molar-refractivity contribution is -0.138. The van der Waals surface area contributed by atoms with Crippen LogP contribution in [0.5, 0.6) is 0 Å². The summed E-state index contributed by atoms with van der Waals surface area (Å²) >= 11 is 0. The molecule has 8 nitrogen and oxygen atoms in total. The molecule has 2 aromatic rings. The number of aryl methyl sites for hydroxylation is 1. The number of hydrogen-bond donors (Lipinski definition) is 3. The number of carboxylic acid groups (broad SMARTS) is 1. The molecule has 2 rings (SSSR count). The minimum absolute atomic E-state index is 0.296. The minimum Gasteiger partial charge on any atom is -0.480 e. The number of aromatic nitrogens is 4. The van der Waals surface area contributed by atoms with E-state index in [4.69, 9.17) is 16.6 Å². The number of aliphatic carboxylic acids is 1. The summed E-state index contributed by atoms with van der Waals surface area (Å²) in [7, 11) is 0. The second-order valence-electron chi connectivity index (χ2n) is 3.60. The molecule has 2 aromatic heterocycles. The number of fused-ring (bicyclic) bond motifs is 1. The van der Waals surface area contributed by atoms with Gasteiger partial charge in [0.2, 0.25) is 0 Å². The van der Waals surface area contributed by atoms with Crippen LogP contribution < -0.4 is 11.5 Å². The van der Waals surface area contributed by atoms with Gasteiger partial charge < -0.3 is 21.1 Å². The number of imidazole rings is 1. The molecule has 0 aromatic carbocycles. The molecule has 0 spiro atoms. The van der Waals surface area contributed by atoms with Crippen LogP contribution in [0.1, 0.15) is 6.42 Å². The third kappa shape index (κ3) is 2.16. The molecule has 0 amide bonds. The van der Waals surface area contributed by atoms with Gasteiger partial charge in [-0.3, -0.25) is 4.79 Å². The normalized spacial score (nSPS) is 12.8. The smallest absolute Gasteiger partial charge is 0.320 e. The van der Waals surface area contributed by atoms with E-state index in [-0.39, 0.29) is 0 Å². The van der Waals surface area contributed by atoms with Crippen molar-refractivity contribution in [1.82, 2.24) is 19.5 Å². The molecule has 0 saturated heterocycles. The Morgan fingerprint density at radius 1 is 1.47 bits per heavy atom. The van der Waals surface area contributed by atoms with Gasteiger partial charge >= 0.3 is 5.97 Å². The largest absolute Gasteiger partial charge is 0.480 e. The van der Waals surface area contributed by atoms with Crippen LogP contribution in [0.2, 0.25) is 0 Å². The molecule has 0 aliphatic carbocycles. The second kappa shape index (κ2) is 4.34. The van der Waals surface area contributed by atoms with Gasteiger partial charge in [-0.1, -0.05) is 0 Å². The van der Waals surface area contributed by atoms with E-state index >= 15 is 0 Å². The molecule has 2 heterocycles.